The van der Waals surface area contributed by atoms with Gasteiger partial charge in [-0.15, -0.1) is 0 Å². The van der Waals surface area contributed by atoms with Crippen LogP contribution in [0.25, 0.3) is 0 Å². The number of Topliss-reactive ketones (excluding diaryl/α,β-unsaturated/α-hetero) is 1. The summed E-state index contributed by atoms with van der Waals surface area (Å²) >= 11 is 0. The predicted octanol–water partition coefficient (Wildman–Crippen LogP) is 3.84. The lowest BCUT2D eigenvalue weighted by atomic mass is 9.95. The maximum absolute atomic E-state index is 12.2. The van der Waals surface area contributed by atoms with Crippen molar-refractivity contribution >= 4 is 5.78 Å². The number of ketones is 1. The molecule has 1 aromatic rings. The van der Waals surface area contributed by atoms with Crippen molar-refractivity contribution in [3.63, 3.8) is 0 Å². The summed E-state index contributed by atoms with van der Waals surface area (Å²) in [4.78, 5) is 24.1. The summed E-state index contributed by atoms with van der Waals surface area (Å²) in [6.07, 6.45) is 8.65. The molecule has 2 aliphatic rings. The van der Waals surface area contributed by atoms with Crippen molar-refractivity contribution in [3.8, 4) is 5.75 Å². The fourth-order valence-corrected chi connectivity index (χ4v) is 2.93. The lowest BCUT2D eigenvalue weighted by Crippen LogP contribution is -2.17. The molecule has 1 aromatic heterocycles. The molecule has 4 heteroatoms. The van der Waals surface area contributed by atoms with E-state index in [0.717, 1.165) is 25.7 Å². The largest absolute Gasteiger partial charge is 0.507 e. The third kappa shape index (κ3) is 4.45. The molecule has 0 aromatic carbocycles. The molecule has 116 valence electrons. The van der Waals surface area contributed by atoms with Gasteiger partial charge >= 0.3 is 5.63 Å². The molecule has 0 saturated heterocycles. The van der Waals surface area contributed by atoms with Crippen LogP contribution in [0.1, 0.15) is 74.4 Å². The van der Waals surface area contributed by atoms with Gasteiger partial charge in [0.15, 0.2) is 5.78 Å². The lowest BCUT2D eigenvalue weighted by Gasteiger charge is -2.10. The summed E-state index contributed by atoms with van der Waals surface area (Å²) in [5, 5.41) is 9.97. The summed E-state index contributed by atoms with van der Waals surface area (Å²) < 4.78 is 5.19. The van der Waals surface area contributed by atoms with Gasteiger partial charge in [0.1, 0.15) is 17.1 Å². The van der Waals surface area contributed by atoms with Crippen LogP contribution in [-0.2, 0) is 6.42 Å². The number of carbonyl (C=O) groups is 1. The first kappa shape index (κ1) is 15.8. The highest BCUT2D eigenvalue weighted by Gasteiger charge is 2.21. The average molecular weight is 292 g/mol. The van der Waals surface area contributed by atoms with E-state index in [2.05, 4.69) is 0 Å². The van der Waals surface area contributed by atoms with E-state index in [0.29, 0.717) is 12.2 Å². The van der Waals surface area contributed by atoms with Crippen LogP contribution in [0, 0.1) is 5.92 Å². The molecule has 1 atom stereocenters. The Labute approximate surface area is 125 Å². The van der Waals surface area contributed by atoms with Crippen molar-refractivity contribution in [1.82, 2.24) is 0 Å². The molecule has 0 unspecified atom stereocenters. The van der Waals surface area contributed by atoms with Gasteiger partial charge in [0.2, 0.25) is 0 Å². The van der Waals surface area contributed by atoms with Gasteiger partial charge in [-0.1, -0.05) is 45.4 Å². The highest BCUT2D eigenvalue weighted by Crippen LogP contribution is 2.22. The third-order valence-corrected chi connectivity index (χ3v) is 4.16. The number of carbonyl (C=O) groups excluding carboxylic acids is 1. The van der Waals surface area contributed by atoms with Crippen LogP contribution in [0.2, 0.25) is 0 Å². The Hall–Kier alpha value is -1.58. The third-order valence-electron chi connectivity index (χ3n) is 4.16. The minimum atomic E-state index is -0.697. The minimum absolute atomic E-state index is 0.180. The normalized spacial score (nSPS) is 21.8. The molecule has 2 bridgehead atoms. The maximum atomic E-state index is 12.2. The Morgan fingerprint density at radius 1 is 1.10 bits per heavy atom. The fraction of sp³-hybridized carbons (Fsp3) is 0.647. The van der Waals surface area contributed by atoms with Crippen LogP contribution < -0.4 is 5.63 Å². The molecule has 0 fully saturated rings. The number of aryl methyl sites for hydroxylation is 1. The van der Waals surface area contributed by atoms with Crippen LogP contribution in [-0.4, -0.2) is 10.9 Å². The zero-order chi connectivity index (χ0) is 15.2. The second-order valence-corrected chi connectivity index (χ2v) is 6.15. The highest BCUT2D eigenvalue weighted by molar-refractivity contribution is 5.98. The molecule has 0 spiro atoms. The van der Waals surface area contributed by atoms with E-state index in [9.17, 15) is 14.7 Å². The molecule has 0 radical (unpaired) electrons. The van der Waals surface area contributed by atoms with Gasteiger partial charge in [0, 0.05) is 18.9 Å². The first-order valence-corrected chi connectivity index (χ1v) is 7.97. The van der Waals surface area contributed by atoms with E-state index < -0.39 is 5.63 Å². The van der Waals surface area contributed by atoms with E-state index in [1.54, 1.807) is 0 Å². The standard InChI is InChI=1S/C17H24O4/c1-12-8-6-4-2-3-5-7-9-13-11-15(19)16(14(18)10-12)17(20)21-13/h11-12,19H,2-10H2,1H3/t12-/m1/s1. The Bertz CT molecular complexity index is 544. The number of rotatable bonds is 0. The molecule has 1 N–H and O–H groups in total. The van der Waals surface area contributed by atoms with E-state index >= 15 is 0 Å². The van der Waals surface area contributed by atoms with E-state index in [-0.39, 0.29) is 29.4 Å². The smallest absolute Gasteiger partial charge is 0.350 e. The number of hydrogen-bond donors (Lipinski definition) is 1. The summed E-state index contributed by atoms with van der Waals surface area (Å²) in [5.41, 5.74) is -0.877. The quantitative estimate of drug-likeness (QED) is 0.789. The topological polar surface area (TPSA) is 67.5 Å². The van der Waals surface area contributed by atoms with Gasteiger partial charge in [-0.05, 0) is 12.3 Å². The minimum Gasteiger partial charge on any atom is -0.507 e. The number of aromatic hydroxyl groups is 1. The Balaban J connectivity index is 2.24. The summed E-state index contributed by atoms with van der Waals surface area (Å²) in [7, 11) is 0. The maximum Gasteiger partial charge on any atom is 0.350 e. The van der Waals surface area contributed by atoms with Crippen LogP contribution >= 0.6 is 0 Å². The Morgan fingerprint density at radius 2 is 1.76 bits per heavy atom. The Kier molecular flexibility index (Phi) is 5.59. The van der Waals surface area contributed by atoms with Crippen molar-refractivity contribution in [3.05, 3.63) is 27.8 Å². The van der Waals surface area contributed by atoms with Crippen LogP contribution in [0.4, 0.5) is 0 Å². The highest BCUT2D eigenvalue weighted by atomic mass is 16.4. The van der Waals surface area contributed by atoms with Gasteiger partial charge in [0.05, 0.1) is 0 Å². The second kappa shape index (κ2) is 7.43. The lowest BCUT2D eigenvalue weighted by molar-refractivity contribution is 0.0955. The molecule has 0 amide bonds. The van der Waals surface area contributed by atoms with Crippen molar-refractivity contribution in [1.29, 1.82) is 0 Å². The van der Waals surface area contributed by atoms with Gasteiger partial charge < -0.3 is 9.52 Å². The first-order valence-electron chi connectivity index (χ1n) is 7.97. The average Bonchev–Trinajstić information content (AvgIpc) is 2.40. The second-order valence-electron chi connectivity index (χ2n) is 6.15. The predicted molar refractivity (Wildman–Crippen MR) is 80.8 cm³/mol. The van der Waals surface area contributed by atoms with Gasteiger partial charge in [-0.3, -0.25) is 4.79 Å². The van der Waals surface area contributed by atoms with Crippen molar-refractivity contribution < 1.29 is 14.3 Å². The van der Waals surface area contributed by atoms with E-state index in [1.165, 1.54) is 25.3 Å². The Morgan fingerprint density at radius 3 is 2.48 bits per heavy atom. The number of hydrogen-bond acceptors (Lipinski definition) is 4. The molecule has 1 aliphatic heterocycles. The fourth-order valence-electron chi connectivity index (χ4n) is 2.93. The first-order chi connectivity index (χ1) is 10.1. The van der Waals surface area contributed by atoms with E-state index in [4.69, 9.17) is 4.42 Å². The molecule has 4 nitrogen and oxygen atoms in total. The summed E-state index contributed by atoms with van der Waals surface area (Å²) in [6, 6.07) is 1.43. The van der Waals surface area contributed by atoms with E-state index in [1.807, 2.05) is 6.92 Å². The zero-order valence-electron chi connectivity index (χ0n) is 12.7. The van der Waals surface area contributed by atoms with Gasteiger partial charge in [0.25, 0.3) is 0 Å². The van der Waals surface area contributed by atoms with Gasteiger partial charge in [-0.2, -0.15) is 0 Å². The summed E-state index contributed by atoms with van der Waals surface area (Å²) in [6.45, 7) is 2.02. The van der Waals surface area contributed by atoms with Crippen molar-refractivity contribution in [2.45, 2.75) is 64.7 Å². The van der Waals surface area contributed by atoms with Crippen molar-refractivity contribution in [2.24, 2.45) is 5.92 Å². The van der Waals surface area contributed by atoms with Crippen LogP contribution in [0.3, 0.4) is 0 Å². The van der Waals surface area contributed by atoms with Crippen molar-refractivity contribution in [2.75, 3.05) is 0 Å². The van der Waals surface area contributed by atoms with Crippen LogP contribution in [0.15, 0.2) is 15.3 Å². The molecule has 1 aliphatic carbocycles. The monoisotopic (exact) mass is 292 g/mol. The molecule has 21 heavy (non-hydrogen) atoms. The molecule has 3 rings (SSSR count). The summed E-state index contributed by atoms with van der Waals surface area (Å²) in [5.74, 6) is 0.154. The zero-order valence-corrected chi connectivity index (χ0v) is 12.7. The van der Waals surface area contributed by atoms with Crippen LogP contribution in [0.5, 0.6) is 5.75 Å². The van der Waals surface area contributed by atoms with Gasteiger partial charge in [-0.25, -0.2) is 4.79 Å². The molecular weight excluding hydrogens is 268 g/mol. The molecule has 0 saturated carbocycles. The molecule has 2 heterocycles. The SMILES string of the molecule is C[C@@H]1CCCCCCCCc2cc(O)c(c(=O)o2)C(=O)C1. The molecular formula is C17H24O4. The number of fused-ring (bicyclic) bond motifs is 12.